The monoisotopic (exact) mass is 339 g/mol. The van der Waals surface area contributed by atoms with Crippen molar-refractivity contribution in [3.05, 3.63) is 27.7 Å². The summed E-state index contributed by atoms with van der Waals surface area (Å²) in [5.41, 5.74) is -3.54. The molecular weight excluding hydrogens is 336 g/mol. The van der Waals surface area contributed by atoms with Crippen LogP contribution < -0.4 is 10.3 Å². The maximum atomic E-state index is 12.6. The van der Waals surface area contributed by atoms with Crippen molar-refractivity contribution in [1.29, 1.82) is 0 Å². The maximum Gasteiger partial charge on any atom is 0.573 e. The van der Waals surface area contributed by atoms with Crippen LogP contribution in [-0.4, -0.2) is 11.3 Å². The number of hydrogen-bond donors (Lipinski definition) is 1. The van der Waals surface area contributed by atoms with Crippen molar-refractivity contribution in [2.45, 2.75) is 17.9 Å². The van der Waals surface area contributed by atoms with Gasteiger partial charge in [-0.25, -0.2) is 0 Å². The molecule has 18 heavy (non-hydrogen) atoms. The fourth-order valence-electron chi connectivity index (χ4n) is 1.20. The van der Waals surface area contributed by atoms with Crippen molar-refractivity contribution in [2.24, 2.45) is 0 Å². The van der Waals surface area contributed by atoms with E-state index in [9.17, 15) is 31.1 Å². The van der Waals surface area contributed by atoms with Gasteiger partial charge >= 0.3 is 12.5 Å². The number of halogens is 7. The summed E-state index contributed by atoms with van der Waals surface area (Å²) in [7, 11) is 0. The molecule has 0 fully saturated rings. The molecule has 1 aromatic heterocycles. The summed E-state index contributed by atoms with van der Waals surface area (Å²) >= 11 is 2.64. The van der Waals surface area contributed by atoms with Crippen LogP contribution in [0.2, 0.25) is 0 Å². The molecule has 0 radical (unpaired) electrons. The topological polar surface area (TPSA) is 42.1 Å². The second-order valence-corrected chi connectivity index (χ2v) is 3.59. The highest BCUT2D eigenvalue weighted by molar-refractivity contribution is 9.08. The minimum absolute atomic E-state index is 0.0997. The molecule has 102 valence electrons. The van der Waals surface area contributed by atoms with Crippen molar-refractivity contribution in [3.63, 3.8) is 0 Å². The van der Waals surface area contributed by atoms with Gasteiger partial charge in [-0.15, -0.1) is 13.2 Å². The lowest BCUT2D eigenvalue weighted by Gasteiger charge is -2.17. The molecule has 1 rings (SSSR count). The summed E-state index contributed by atoms with van der Waals surface area (Å²) in [6, 6.07) is 0.0997. The van der Waals surface area contributed by atoms with Crippen LogP contribution in [0.15, 0.2) is 10.9 Å². The zero-order valence-electron chi connectivity index (χ0n) is 8.25. The molecule has 3 nitrogen and oxygen atoms in total. The third-order valence-corrected chi connectivity index (χ3v) is 2.29. The average molecular weight is 340 g/mol. The lowest BCUT2D eigenvalue weighted by atomic mass is 10.2. The molecule has 0 spiro atoms. The van der Waals surface area contributed by atoms with E-state index in [1.54, 1.807) is 4.98 Å². The van der Waals surface area contributed by atoms with Crippen LogP contribution in [0.1, 0.15) is 11.3 Å². The molecule has 0 atom stereocenters. The molecule has 1 N–H and O–H groups in total. The van der Waals surface area contributed by atoms with E-state index in [2.05, 4.69) is 20.7 Å². The number of rotatable bonds is 2. The zero-order chi connectivity index (χ0) is 14.1. The molecule has 1 aromatic rings. The van der Waals surface area contributed by atoms with E-state index in [0.717, 1.165) is 0 Å². The molecule has 1 heterocycles. The summed E-state index contributed by atoms with van der Waals surface area (Å²) in [4.78, 5) is 12.7. The van der Waals surface area contributed by atoms with Crippen molar-refractivity contribution in [1.82, 2.24) is 4.98 Å². The Hall–Kier alpha value is -1.19. The van der Waals surface area contributed by atoms with Crippen molar-refractivity contribution in [2.75, 3.05) is 0 Å². The van der Waals surface area contributed by atoms with E-state index in [4.69, 9.17) is 0 Å². The Balaban J connectivity index is 3.48. The summed E-state index contributed by atoms with van der Waals surface area (Å²) < 4.78 is 76.9. The van der Waals surface area contributed by atoms with Crippen LogP contribution in [0.3, 0.4) is 0 Å². The highest BCUT2D eigenvalue weighted by Crippen LogP contribution is 2.39. The summed E-state index contributed by atoms with van der Waals surface area (Å²) in [6.07, 6.45) is -10.4. The molecule has 0 saturated carbocycles. The molecule has 0 saturated heterocycles. The number of aromatic nitrogens is 1. The maximum absolute atomic E-state index is 12.6. The first-order chi connectivity index (χ1) is 8.04. The molecule has 0 aliphatic carbocycles. The Morgan fingerprint density at radius 3 is 2.17 bits per heavy atom. The largest absolute Gasteiger partial charge is 0.573 e. The first kappa shape index (κ1) is 14.9. The van der Waals surface area contributed by atoms with Crippen LogP contribution in [0, 0.1) is 0 Å². The van der Waals surface area contributed by atoms with Gasteiger partial charge in [0.05, 0.1) is 0 Å². The number of ether oxygens (including phenoxy) is 1. The van der Waals surface area contributed by atoms with Crippen LogP contribution in [0.25, 0.3) is 0 Å². The normalized spacial score (nSPS) is 12.6. The second-order valence-electron chi connectivity index (χ2n) is 3.03. The van der Waals surface area contributed by atoms with Gasteiger partial charge in [-0.2, -0.15) is 13.2 Å². The third kappa shape index (κ3) is 3.65. The predicted molar refractivity (Wildman–Crippen MR) is 51.4 cm³/mol. The average Bonchev–Trinajstić information content (AvgIpc) is 2.11. The Morgan fingerprint density at radius 2 is 1.78 bits per heavy atom. The number of aromatic amines is 1. The number of alkyl halides is 7. The predicted octanol–water partition coefficient (Wildman–Crippen LogP) is 3.19. The molecule has 0 aliphatic heterocycles. The van der Waals surface area contributed by atoms with Gasteiger partial charge in [0.25, 0.3) is 5.56 Å². The number of hydrogen-bond acceptors (Lipinski definition) is 2. The SMILES string of the molecule is O=c1cc(OC(F)(F)F)c(C(F)(F)F)c(CBr)[nH]1. The van der Waals surface area contributed by atoms with Crippen LogP contribution in [-0.2, 0) is 11.5 Å². The standard InChI is InChI=1S/C8H4BrF6NO2/c9-2-3-6(7(10,11)12)4(1-5(17)16-3)18-8(13,14)15/h1H,2H2,(H,16,17). The minimum atomic E-state index is -5.32. The molecule has 0 unspecified atom stereocenters. The summed E-state index contributed by atoms with van der Waals surface area (Å²) in [5, 5.41) is -0.480. The third-order valence-electron chi connectivity index (χ3n) is 1.73. The van der Waals surface area contributed by atoms with Gasteiger partial charge < -0.3 is 9.72 Å². The van der Waals surface area contributed by atoms with Gasteiger partial charge in [-0.1, -0.05) is 15.9 Å². The molecule has 10 heteroatoms. The van der Waals surface area contributed by atoms with Crippen LogP contribution in [0.4, 0.5) is 26.3 Å². The van der Waals surface area contributed by atoms with E-state index in [1.165, 1.54) is 0 Å². The fourth-order valence-corrected chi connectivity index (χ4v) is 1.62. The number of pyridine rings is 1. The summed E-state index contributed by atoms with van der Waals surface area (Å²) in [5.74, 6) is -1.58. The minimum Gasteiger partial charge on any atom is -0.405 e. The number of H-pyrrole nitrogens is 1. The smallest absolute Gasteiger partial charge is 0.405 e. The van der Waals surface area contributed by atoms with Gasteiger partial charge in [0.2, 0.25) is 0 Å². The first-order valence-corrected chi connectivity index (χ1v) is 5.32. The van der Waals surface area contributed by atoms with E-state index in [1.807, 2.05) is 0 Å². The van der Waals surface area contributed by atoms with Crippen molar-refractivity contribution in [3.8, 4) is 5.75 Å². The van der Waals surface area contributed by atoms with E-state index in [-0.39, 0.29) is 6.07 Å². The Kier molecular flexibility index (Phi) is 3.99. The quantitative estimate of drug-likeness (QED) is 0.664. The molecule has 0 aliphatic rings. The Labute approximate surface area is 104 Å². The van der Waals surface area contributed by atoms with E-state index < -0.39 is 40.4 Å². The van der Waals surface area contributed by atoms with Gasteiger partial charge in [-0.05, 0) is 0 Å². The molecule has 0 aromatic carbocycles. The molecule has 0 bridgehead atoms. The number of nitrogens with one attached hydrogen (secondary N) is 1. The second kappa shape index (κ2) is 4.82. The Morgan fingerprint density at radius 1 is 1.22 bits per heavy atom. The van der Waals surface area contributed by atoms with E-state index >= 15 is 0 Å². The lowest BCUT2D eigenvalue weighted by molar-refractivity contribution is -0.276. The first-order valence-electron chi connectivity index (χ1n) is 4.19. The van der Waals surface area contributed by atoms with Crippen molar-refractivity contribution >= 4 is 15.9 Å². The Bertz CT molecular complexity index is 492. The highest BCUT2D eigenvalue weighted by Gasteiger charge is 2.41. The lowest BCUT2D eigenvalue weighted by Crippen LogP contribution is -2.24. The van der Waals surface area contributed by atoms with Gasteiger partial charge in [-0.3, -0.25) is 4.79 Å². The van der Waals surface area contributed by atoms with Crippen molar-refractivity contribution < 1.29 is 31.1 Å². The van der Waals surface area contributed by atoms with Gasteiger partial charge in [0.15, 0.2) is 0 Å². The van der Waals surface area contributed by atoms with Crippen LogP contribution in [0.5, 0.6) is 5.75 Å². The van der Waals surface area contributed by atoms with E-state index in [0.29, 0.717) is 0 Å². The molecule has 0 amide bonds. The molecular formula is C8H4BrF6NO2. The van der Waals surface area contributed by atoms with Gasteiger partial charge in [0.1, 0.15) is 11.3 Å². The fraction of sp³-hybridized carbons (Fsp3) is 0.375. The zero-order valence-corrected chi connectivity index (χ0v) is 9.83. The highest BCUT2D eigenvalue weighted by atomic mass is 79.9. The summed E-state index contributed by atoms with van der Waals surface area (Å²) in [6.45, 7) is 0. The van der Waals surface area contributed by atoms with Crippen LogP contribution >= 0.6 is 15.9 Å². The van der Waals surface area contributed by atoms with Gasteiger partial charge in [0, 0.05) is 17.1 Å².